The van der Waals surface area contributed by atoms with Crippen LogP contribution in [-0.2, 0) is 9.53 Å². The molecule has 2 N–H and O–H groups in total. The number of hydrogen-bond donors (Lipinski definition) is 1. The number of ether oxygens (including phenoxy) is 1. The van der Waals surface area contributed by atoms with Crippen molar-refractivity contribution >= 4 is 5.78 Å². The van der Waals surface area contributed by atoms with E-state index in [1.54, 1.807) is 0 Å². The number of rotatable bonds is 8. The summed E-state index contributed by atoms with van der Waals surface area (Å²) < 4.78 is 5.64. The lowest BCUT2D eigenvalue weighted by Crippen LogP contribution is -2.40. The smallest absolute Gasteiger partial charge is 0.163 e. The molecule has 0 radical (unpaired) electrons. The van der Waals surface area contributed by atoms with E-state index >= 15 is 0 Å². The summed E-state index contributed by atoms with van der Waals surface area (Å²) in [6, 6.07) is 0. The fourth-order valence-corrected chi connectivity index (χ4v) is 1.82. The summed E-state index contributed by atoms with van der Waals surface area (Å²) in [4.78, 5) is 11.6. The van der Waals surface area contributed by atoms with Gasteiger partial charge < -0.3 is 10.5 Å². The Labute approximate surface area is 105 Å². The molecule has 1 atom stereocenters. The van der Waals surface area contributed by atoms with Crippen LogP contribution in [0.4, 0.5) is 0 Å². The Morgan fingerprint density at radius 1 is 1.35 bits per heavy atom. The lowest BCUT2D eigenvalue weighted by Gasteiger charge is -2.28. The third kappa shape index (κ3) is 6.59. The molecule has 0 aliphatic rings. The van der Waals surface area contributed by atoms with Crippen molar-refractivity contribution in [2.75, 3.05) is 6.61 Å². The molecule has 0 amide bonds. The molecule has 1 unspecified atom stereocenters. The normalized spacial score (nSPS) is 15.4. The van der Waals surface area contributed by atoms with Crippen molar-refractivity contribution in [1.29, 1.82) is 0 Å². The molecule has 0 aliphatic heterocycles. The van der Waals surface area contributed by atoms with Crippen LogP contribution in [0.15, 0.2) is 12.2 Å². The average molecular weight is 241 g/mol. The summed E-state index contributed by atoms with van der Waals surface area (Å²) in [5.74, 6) is 0.121. The minimum absolute atomic E-state index is 0.121. The van der Waals surface area contributed by atoms with Crippen LogP contribution in [0.5, 0.6) is 0 Å². The van der Waals surface area contributed by atoms with Crippen LogP contribution in [0.1, 0.15) is 53.9 Å². The van der Waals surface area contributed by atoms with Gasteiger partial charge in [0.15, 0.2) is 5.78 Å². The van der Waals surface area contributed by atoms with E-state index in [2.05, 4.69) is 6.58 Å². The molecule has 0 aromatic heterocycles. The minimum Gasteiger partial charge on any atom is -0.368 e. The van der Waals surface area contributed by atoms with Gasteiger partial charge in [0.2, 0.25) is 0 Å². The van der Waals surface area contributed by atoms with Crippen molar-refractivity contribution in [3.05, 3.63) is 12.2 Å². The lowest BCUT2D eigenvalue weighted by molar-refractivity contribution is -0.140. The molecule has 0 aliphatic carbocycles. The highest BCUT2D eigenvalue weighted by molar-refractivity contribution is 5.86. The van der Waals surface area contributed by atoms with Crippen LogP contribution in [0.2, 0.25) is 0 Å². The van der Waals surface area contributed by atoms with Crippen LogP contribution >= 0.6 is 0 Å². The van der Waals surface area contributed by atoms with E-state index < -0.39 is 5.60 Å². The first-order chi connectivity index (χ1) is 7.60. The van der Waals surface area contributed by atoms with Gasteiger partial charge in [0.25, 0.3) is 0 Å². The highest BCUT2D eigenvalue weighted by Gasteiger charge is 2.27. The summed E-state index contributed by atoms with van der Waals surface area (Å²) in [7, 11) is 0. The predicted octanol–water partition coefficient (Wildman–Crippen LogP) is 2.83. The Morgan fingerprint density at radius 3 is 2.29 bits per heavy atom. The average Bonchev–Trinajstić information content (AvgIpc) is 2.13. The molecule has 0 spiro atoms. The molecule has 0 aromatic rings. The molecule has 3 heteroatoms. The second-order valence-electron chi connectivity index (χ2n) is 5.67. The van der Waals surface area contributed by atoms with Gasteiger partial charge in [-0.2, -0.15) is 0 Å². The van der Waals surface area contributed by atoms with Crippen molar-refractivity contribution in [1.82, 2.24) is 0 Å². The van der Waals surface area contributed by atoms with E-state index in [9.17, 15) is 4.79 Å². The van der Waals surface area contributed by atoms with E-state index in [0.717, 1.165) is 18.4 Å². The van der Waals surface area contributed by atoms with Crippen LogP contribution in [0.25, 0.3) is 0 Å². The van der Waals surface area contributed by atoms with Gasteiger partial charge in [-0.15, -0.1) is 6.58 Å². The summed E-state index contributed by atoms with van der Waals surface area (Å²) in [6.45, 7) is 13.8. The first kappa shape index (κ1) is 16.3. The van der Waals surface area contributed by atoms with Crippen molar-refractivity contribution in [2.24, 2.45) is 5.73 Å². The van der Waals surface area contributed by atoms with Crippen molar-refractivity contribution < 1.29 is 9.53 Å². The van der Waals surface area contributed by atoms with Crippen LogP contribution in [0, 0.1) is 0 Å². The summed E-state index contributed by atoms with van der Waals surface area (Å²) in [6.07, 6.45) is 2.00. The minimum atomic E-state index is -0.700. The summed E-state index contributed by atoms with van der Waals surface area (Å²) >= 11 is 0. The number of carbonyl (C=O) groups excluding carboxylic acids is 1. The largest absolute Gasteiger partial charge is 0.368 e. The second kappa shape index (κ2) is 6.31. The standard InChI is InChI=1S/C14H27NO2/c1-7-12(16)13(4,5)17-9-8-14(6,15)10-11(2)3/h2,7-10,15H2,1,3-6H3. The molecule has 0 saturated heterocycles. The molecule has 0 bridgehead atoms. The highest BCUT2D eigenvalue weighted by atomic mass is 16.5. The first-order valence-corrected chi connectivity index (χ1v) is 6.21. The predicted molar refractivity (Wildman–Crippen MR) is 72.0 cm³/mol. The molecule has 0 rings (SSSR count). The van der Waals surface area contributed by atoms with Crippen LogP contribution in [-0.4, -0.2) is 23.5 Å². The van der Waals surface area contributed by atoms with Gasteiger partial charge in [0, 0.05) is 18.6 Å². The van der Waals surface area contributed by atoms with Gasteiger partial charge in [0.1, 0.15) is 5.60 Å². The molecule has 0 saturated carbocycles. The quantitative estimate of drug-likeness (QED) is 0.665. The molecular formula is C14H27NO2. The monoisotopic (exact) mass is 241 g/mol. The number of nitrogens with two attached hydrogens (primary N) is 1. The Kier molecular flexibility index (Phi) is 6.06. The van der Waals surface area contributed by atoms with Crippen LogP contribution < -0.4 is 5.73 Å². The second-order valence-corrected chi connectivity index (χ2v) is 5.67. The zero-order valence-corrected chi connectivity index (χ0v) is 11.9. The zero-order valence-electron chi connectivity index (χ0n) is 11.9. The maximum Gasteiger partial charge on any atom is 0.163 e. The van der Waals surface area contributed by atoms with E-state index in [1.807, 2.05) is 34.6 Å². The van der Waals surface area contributed by atoms with E-state index in [4.69, 9.17) is 10.5 Å². The maximum atomic E-state index is 11.6. The number of hydrogen-bond acceptors (Lipinski definition) is 3. The molecular weight excluding hydrogens is 214 g/mol. The van der Waals surface area contributed by atoms with Gasteiger partial charge >= 0.3 is 0 Å². The van der Waals surface area contributed by atoms with Gasteiger partial charge in [0.05, 0.1) is 0 Å². The Bertz CT molecular complexity index is 280. The molecule has 0 fully saturated rings. The Hall–Kier alpha value is -0.670. The van der Waals surface area contributed by atoms with Gasteiger partial charge in [-0.1, -0.05) is 12.5 Å². The number of Topliss-reactive ketones (excluding diaryl/α,β-unsaturated/α-hetero) is 1. The third-order valence-corrected chi connectivity index (χ3v) is 2.83. The maximum absolute atomic E-state index is 11.6. The van der Waals surface area contributed by atoms with Crippen molar-refractivity contribution in [3.8, 4) is 0 Å². The fourth-order valence-electron chi connectivity index (χ4n) is 1.82. The van der Waals surface area contributed by atoms with Crippen molar-refractivity contribution in [2.45, 2.75) is 65.0 Å². The van der Waals surface area contributed by atoms with Crippen LogP contribution in [0.3, 0.4) is 0 Å². The molecule has 100 valence electrons. The van der Waals surface area contributed by atoms with Gasteiger partial charge in [-0.25, -0.2) is 0 Å². The van der Waals surface area contributed by atoms with Crippen molar-refractivity contribution in [3.63, 3.8) is 0 Å². The van der Waals surface area contributed by atoms with Gasteiger partial charge in [-0.05, 0) is 40.5 Å². The SMILES string of the molecule is C=C(C)CC(C)(N)CCOC(C)(C)C(=O)CC. The fraction of sp³-hybridized carbons (Fsp3) is 0.786. The van der Waals surface area contributed by atoms with Gasteiger partial charge in [-0.3, -0.25) is 4.79 Å². The van der Waals surface area contributed by atoms with E-state index in [0.29, 0.717) is 13.0 Å². The molecule has 3 nitrogen and oxygen atoms in total. The lowest BCUT2D eigenvalue weighted by atomic mass is 9.92. The van der Waals surface area contributed by atoms with E-state index in [-0.39, 0.29) is 11.3 Å². The number of ketones is 1. The van der Waals surface area contributed by atoms with E-state index in [1.165, 1.54) is 0 Å². The molecule has 17 heavy (non-hydrogen) atoms. The topological polar surface area (TPSA) is 52.3 Å². The first-order valence-electron chi connectivity index (χ1n) is 6.21. The molecule has 0 aromatic carbocycles. The summed E-state index contributed by atoms with van der Waals surface area (Å²) in [5.41, 5.74) is 6.19. The third-order valence-electron chi connectivity index (χ3n) is 2.83. The highest BCUT2D eigenvalue weighted by Crippen LogP contribution is 2.19. The summed E-state index contributed by atoms with van der Waals surface area (Å²) in [5, 5.41) is 0. The Balaban J connectivity index is 4.14. The number of carbonyl (C=O) groups is 1. The zero-order chi connectivity index (χ0) is 13.7. The Morgan fingerprint density at radius 2 is 1.88 bits per heavy atom. The molecule has 0 heterocycles.